The van der Waals surface area contributed by atoms with Crippen LogP contribution in [0.15, 0.2) is 79.1 Å². The molecule has 0 spiro atoms. The molecular weight excluding hydrogens is 412 g/mol. The molecule has 1 unspecified atom stereocenters. The fourth-order valence-corrected chi connectivity index (χ4v) is 3.61. The standard InChI is InChI=1S/C23H18N4O5/c28-21-13-20(23(30)26(21)18-6-2-1-3-7-18)25(15-16-5-4-12-24-14-16)22(29)17-8-10-19(11-9-17)27(31)32/h1-12,14,20H,13,15H2. The van der Waals surface area contributed by atoms with E-state index < -0.39 is 28.7 Å². The van der Waals surface area contributed by atoms with Crippen LogP contribution in [0.3, 0.4) is 0 Å². The highest BCUT2D eigenvalue weighted by atomic mass is 16.6. The molecule has 4 rings (SSSR count). The molecule has 9 nitrogen and oxygen atoms in total. The van der Waals surface area contributed by atoms with E-state index in [9.17, 15) is 24.5 Å². The zero-order valence-electron chi connectivity index (χ0n) is 16.8. The van der Waals surface area contributed by atoms with Gasteiger partial charge in [-0.2, -0.15) is 0 Å². The molecule has 0 aliphatic carbocycles. The van der Waals surface area contributed by atoms with Crippen molar-refractivity contribution in [1.82, 2.24) is 9.88 Å². The lowest BCUT2D eigenvalue weighted by Gasteiger charge is -2.28. The highest BCUT2D eigenvalue weighted by molar-refractivity contribution is 6.23. The van der Waals surface area contributed by atoms with Crippen molar-refractivity contribution < 1.29 is 19.3 Å². The number of hydrogen-bond acceptors (Lipinski definition) is 6. The summed E-state index contributed by atoms with van der Waals surface area (Å²) in [5.74, 6) is -1.41. The van der Waals surface area contributed by atoms with Crippen LogP contribution in [0.2, 0.25) is 0 Å². The van der Waals surface area contributed by atoms with E-state index in [1.807, 2.05) is 0 Å². The van der Waals surface area contributed by atoms with Gasteiger partial charge in [0, 0.05) is 36.6 Å². The van der Waals surface area contributed by atoms with Crippen molar-refractivity contribution in [1.29, 1.82) is 0 Å². The second kappa shape index (κ2) is 8.76. The first-order valence-electron chi connectivity index (χ1n) is 9.82. The molecule has 1 aliphatic rings. The number of anilines is 1. The normalized spacial score (nSPS) is 15.6. The number of rotatable bonds is 6. The number of imide groups is 1. The average molecular weight is 430 g/mol. The summed E-state index contributed by atoms with van der Waals surface area (Å²) in [5, 5.41) is 10.9. The molecule has 2 aromatic carbocycles. The van der Waals surface area contributed by atoms with Gasteiger partial charge in [-0.3, -0.25) is 29.5 Å². The Kier molecular flexibility index (Phi) is 5.71. The number of non-ortho nitro benzene ring substituents is 1. The molecule has 0 bridgehead atoms. The van der Waals surface area contributed by atoms with Crippen LogP contribution in [0.4, 0.5) is 11.4 Å². The van der Waals surface area contributed by atoms with Crippen LogP contribution in [0.25, 0.3) is 0 Å². The second-order valence-electron chi connectivity index (χ2n) is 7.22. The summed E-state index contributed by atoms with van der Waals surface area (Å²) in [6.45, 7) is 0.0516. The van der Waals surface area contributed by atoms with E-state index in [0.29, 0.717) is 11.3 Å². The smallest absolute Gasteiger partial charge is 0.269 e. The van der Waals surface area contributed by atoms with Gasteiger partial charge in [0.05, 0.1) is 17.0 Å². The molecule has 3 amide bonds. The molecule has 9 heteroatoms. The van der Waals surface area contributed by atoms with Crippen molar-refractivity contribution in [2.24, 2.45) is 0 Å². The van der Waals surface area contributed by atoms with Crippen LogP contribution in [-0.4, -0.2) is 38.6 Å². The zero-order valence-corrected chi connectivity index (χ0v) is 16.8. The molecule has 160 valence electrons. The number of carbonyl (C=O) groups excluding carboxylic acids is 3. The maximum Gasteiger partial charge on any atom is 0.269 e. The van der Waals surface area contributed by atoms with Gasteiger partial charge in [-0.05, 0) is 35.9 Å². The molecule has 32 heavy (non-hydrogen) atoms. The second-order valence-corrected chi connectivity index (χ2v) is 7.22. The van der Waals surface area contributed by atoms with Crippen LogP contribution in [0.1, 0.15) is 22.3 Å². The minimum Gasteiger partial charge on any atom is -0.322 e. The van der Waals surface area contributed by atoms with Gasteiger partial charge in [-0.15, -0.1) is 0 Å². The Labute approximate surface area is 183 Å². The quantitative estimate of drug-likeness (QED) is 0.337. The van der Waals surface area contributed by atoms with Crippen molar-refractivity contribution in [3.05, 3.63) is 100 Å². The van der Waals surface area contributed by atoms with Crippen molar-refractivity contribution in [3.8, 4) is 0 Å². The SMILES string of the molecule is O=C1CC(N(Cc2cccnc2)C(=O)c2ccc([N+](=O)[O-])cc2)C(=O)N1c1ccccc1. The molecule has 1 aliphatic heterocycles. The van der Waals surface area contributed by atoms with E-state index in [1.54, 1.807) is 54.9 Å². The average Bonchev–Trinajstić information content (AvgIpc) is 3.11. The van der Waals surface area contributed by atoms with Gasteiger partial charge < -0.3 is 4.90 Å². The fraction of sp³-hybridized carbons (Fsp3) is 0.130. The first-order chi connectivity index (χ1) is 15.5. The first-order valence-corrected chi connectivity index (χ1v) is 9.82. The lowest BCUT2D eigenvalue weighted by Crippen LogP contribution is -2.45. The molecule has 1 fully saturated rings. The van der Waals surface area contributed by atoms with Crippen molar-refractivity contribution >= 4 is 29.1 Å². The lowest BCUT2D eigenvalue weighted by atomic mass is 10.1. The predicted molar refractivity (Wildman–Crippen MR) is 115 cm³/mol. The molecule has 1 atom stereocenters. The number of nitro benzene ring substituents is 1. The summed E-state index contributed by atoms with van der Waals surface area (Å²) in [6.07, 6.45) is 3.01. The molecule has 0 radical (unpaired) electrons. The maximum absolute atomic E-state index is 13.4. The number of benzene rings is 2. The number of carbonyl (C=O) groups is 3. The fourth-order valence-electron chi connectivity index (χ4n) is 3.61. The highest BCUT2D eigenvalue weighted by Crippen LogP contribution is 2.28. The largest absolute Gasteiger partial charge is 0.322 e. The van der Waals surface area contributed by atoms with Gasteiger partial charge in [0.1, 0.15) is 6.04 Å². The number of pyridine rings is 1. The molecule has 1 aromatic heterocycles. The summed E-state index contributed by atoms with van der Waals surface area (Å²) in [4.78, 5) is 56.1. The van der Waals surface area contributed by atoms with Crippen LogP contribution in [-0.2, 0) is 16.1 Å². The summed E-state index contributed by atoms with van der Waals surface area (Å²) in [7, 11) is 0. The number of para-hydroxylation sites is 1. The van der Waals surface area contributed by atoms with Gasteiger partial charge in [0.2, 0.25) is 5.91 Å². The summed E-state index contributed by atoms with van der Waals surface area (Å²) < 4.78 is 0. The van der Waals surface area contributed by atoms with Crippen LogP contribution >= 0.6 is 0 Å². The molecule has 2 heterocycles. The highest BCUT2D eigenvalue weighted by Gasteiger charge is 2.44. The third-order valence-corrected chi connectivity index (χ3v) is 5.18. The van der Waals surface area contributed by atoms with Crippen molar-refractivity contribution in [2.45, 2.75) is 19.0 Å². The molecule has 1 saturated heterocycles. The summed E-state index contributed by atoms with van der Waals surface area (Å²) in [5.41, 5.74) is 1.15. The number of hydrogen-bond donors (Lipinski definition) is 0. The molecule has 3 aromatic rings. The topological polar surface area (TPSA) is 114 Å². The zero-order chi connectivity index (χ0) is 22.7. The summed E-state index contributed by atoms with van der Waals surface area (Å²) >= 11 is 0. The summed E-state index contributed by atoms with van der Waals surface area (Å²) in [6, 6.07) is 16.1. The monoisotopic (exact) mass is 430 g/mol. The predicted octanol–water partition coefficient (Wildman–Crippen LogP) is 2.96. The van der Waals surface area contributed by atoms with Crippen LogP contribution in [0.5, 0.6) is 0 Å². The van der Waals surface area contributed by atoms with Crippen LogP contribution < -0.4 is 4.90 Å². The minimum absolute atomic E-state index is 0.0516. The van der Waals surface area contributed by atoms with E-state index in [4.69, 9.17) is 0 Å². The number of nitrogens with zero attached hydrogens (tertiary/aromatic N) is 4. The van der Waals surface area contributed by atoms with E-state index in [2.05, 4.69) is 4.98 Å². The van der Waals surface area contributed by atoms with Gasteiger partial charge in [-0.25, -0.2) is 4.90 Å². The number of aromatic nitrogens is 1. The maximum atomic E-state index is 13.4. The minimum atomic E-state index is -1.01. The Bertz CT molecular complexity index is 1170. The van der Waals surface area contributed by atoms with Gasteiger partial charge in [-0.1, -0.05) is 24.3 Å². The van der Waals surface area contributed by atoms with Gasteiger partial charge in [0.15, 0.2) is 0 Å². The Morgan fingerprint density at radius 2 is 1.78 bits per heavy atom. The molecular formula is C23H18N4O5. The van der Waals surface area contributed by atoms with E-state index >= 15 is 0 Å². The van der Waals surface area contributed by atoms with E-state index in [1.165, 1.54) is 29.2 Å². The van der Waals surface area contributed by atoms with Crippen LogP contribution in [0, 0.1) is 10.1 Å². The Morgan fingerprint density at radius 1 is 1.06 bits per heavy atom. The first kappa shape index (κ1) is 20.9. The molecule has 0 saturated carbocycles. The van der Waals surface area contributed by atoms with Gasteiger partial charge in [0.25, 0.3) is 17.5 Å². The number of nitro groups is 1. The third-order valence-electron chi connectivity index (χ3n) is 5.18. The Balaban J connectivity index is 1.68. The van der Waals surface area contributed by atoms with E-state index in [0.717, 1.165) is 4.90 Å². The van der Waals surface area contributed by atoms with Crippen molar-refractivity contribution in [3.63, 3.8) is 0 Å². The lowest BCUT2D eigenvalue weighted by molar-refractivity contribution is -0.384. The Morgan fingerprint density at radius 3 is 2.41 bits per heavy atom. The third kappa shape index (κ3) is 4.08. The van der Waals surface area contributed by atoms with Crippen molar-refractivity contribution in [2.75, 3.05) is 4.90 Å². The van der Waals surface area contributed by atoms with E-state index in [-0.39, 0.29) is 24.2 Å². The van der Waals surface area contributed by atoms with Gasteiger partial charge >= 0.3 is 0 Å². The number of amides is 3. The molecule has 0 N–H and O–H groups in total. The Hall–Kier alpha value is -4.40.